The van der Waals surface area contributed by atoms with Crippen LogP contribution in [-0.4, -0.2) is 29.2 Å². The second kappa shape index (κ2) is 8.85. The molecule has 3 aromatic carbocycles. The van der Waals surface area contributed by atoms with Crippen LogP contribution in [0, 0.1) is 40.0 Å². The summed E-state index contributed by atoms with van der Waals surface area (Å²) in [5.74, 6) is -10.1. The molecule has 0 aromatic heterocycles. The second-order valence-electron chi connectivity index (χ2n) is 8.95. The van der Waals surface area contributed by atoms with Crippen molar-refractivity contribution in [2.24, 2.45) is 5.41 Å². The van der Waals surface area contributed by atoms with Gasteiger partial charge in [0.1, 0.15) is 17.3 Å². The van der Waals surface area contributed by atoms with Crippen LogP contribution in [0.15, 0.2) is 54.6 Å². The van der Waals surface area contributed by atoms with Gasteiger partial charge in [-0.25, -0.2) is 17.6 Å². The third-order valence-electron chi connectivity index (χ3n) is 7.00. The predicted molar refractivity (Wildman–Crippen MR) is 122 cm³/mol. The molecule has 3 aromatic rings. The lowest BCUT2D eigenvalue weighted by Gasteiger charge is -2.22. The molecule has 2 aliphatic rings. The van der Waals surface area contributed by atoms with Crippen molar-refractivity contribution in [1.82, 2.24) is 4.90 Å². The molecule has 0 spiro atoms. The average molecular weight is 507 g/mol. The average Bonchev–Trinajstić information content (AvgIpc) is 3.61. The Hall–Kier alpha value is -4.52. The standard InChI is InChI=1S/C27H17F4N3O3/c28-19-17(13-32)20(29)22(31)23(21(19)30)33-26(37)27(12-18(27)14-6-2-1-3-7-14)10-11-34-24(35)15-8-4-5-9-16(15)25(34)36/h1-9,18H,10-12H2,(H,33,37)/t18-,27-/m0/s1. The number of nitrogens with zero attached hydrogens (tertiary/aromatic N) is 2. The van der Waals surface area contributed by atoms with E-state index in [1.165, 1.54) is 12.1 Å². The molecule has 186 valence electrons. The van der Waals surface area contributed by atoms with Gasteiger partial charge >= 0.3 is 0 Å². The fraction of sp³-hybridized carbons (Fsp3) is 0.185. The Morgan fingerprint density at radius 3 is 2.00 bits per heavy atom. The number of halogens is 4. The monoisotopic (exact) mass is 507 g/mol. The Morgan fingerprint density at radius 2 is 1.46 bits per heavy atom. The fourth-order valence-electron chi connectivity index (χ4n) is 4.90. The first-order valence-corrected chi connectivity index (χ1v) is 11.3. The summed E-state index contributed by atoms with van der Waals surface area (Å²) in [5, 5.41) is 10.8. The van der Waals surface area contributed by atoms with Crippen molar-refractivity contribution in [3.63, 3.8) is 0 Å². The van der Waals surface area contributed by atoms with E-state index >= 15 is 0 Å². The van der Waals surface area contributed by atoms with Gasteiger partial charge in [0.15, 0.2) is 23.3 Å². The molecule has 10 heteroatoms. The minimum Gasteiger partial charge on any atom is -0.320 e. The van der Waals surface area contributed by atoms with Crippen molar-refractivity contribution in [2.45, 2.75) is 18.8 Å². The molecule has 0 unspecified atom stereocenters. The van der Waals surface area contributed by atoms with Gasteiger partial charge in [-0.2, -0.15) is 5.26 Å². The lowest BCUT2D eigenvalue weighted by molar-refractivity contribution is -0.121. The van der Waals surface area contributed by atoms with Crippen LogP contribution in [0.3, 0.4) is 0 Å². The zero-order valence-corrected chi connectivity index (χ0v) is 19.0. The summed E-state index contributed by atoms with van der Waals surface area (Å²) in [6, 6.07) is 16.1. The highest BCUT2D eigenvalue weighted by Gasteiger charge is 2.60. The fourth-order valence-corrected chi connectivity index (χ4v) is 4.90. The highest BCUT2D eigenvalue weighted by atomic mass is 19.2. The van der Waals surface area contributed by atoms with E-state index in [9.17, 15) is 31.9 Å². The zero-order chi connectivity index (χ0) is 26.5. The van der Waals surface area contributed by atoms with Crippen molar-refractivity contribution in [2.75, 3.05) is 11.9 Å². The predicted octanol–water partition coefficient (Wildman–Crippen LogP) is 4.91. The van der Waals surface area contributed by atoms with E-state index < -0.39 is 63.6 Å². The molecule has 1 N–H and O–H groups in total. The summed E-state index contributed by atoms with van der Waals surface area (Å²) in [5.41, 5.74) is -2.92. The molecular formula is C27H17F4N3O3. The van der Waals surface area contributed by atoms with Crippen LogP contribution in [0.4, 0.5) is 23.2 Å². The van der Waals surface area contributed by atoms with E-state index in [2.05, 4.69) is 0 Å². The summed E-state index contributed by atoms with van der Waals surface area (Å²) < 4.78 is 57.3. The van der Waals surface area contributed by atoms with Crippen LogP contribution < -0.4 is 5.32 Å². The maximum atomic E-state index is 14.5. The Labute approximate surface area is 208 Å². The number of imide groups is 1. The first kappa shape index (κ1) is 24.2. The summed E-state index contributed by atoms with van der Waals surface area (Å²) >= 11 is 0. The van der Waals surface area contributed by atoms with E-state index in [0.717, 1.165) is 16.5 Å². The van der Waals surface area contributed by atoms with Gasteiger partial charge in [-0.3, -0.25) is 19.3 Å². The number of benzene rings is 3. The Balaban J connectivity index is 1.45. The zero-order valence-electron chi connectivity index (χ0n) is 19.0. The molecule has 1 aliphatic heterocycles. The molecule has 6 nitrogen and oxygen atoms in total. The van der Waals surface area contributed by atoms with Gasteiger partial charge in [0.05, 0.1) is 16.5 Å². The topological polar surface area (TPSA) is 90.3 Å². The van der Waals surface area contributed by atoms with Gasteiger partial charge in [-0.1, -0.05) is 42.5 Å². The molecule has 1 heterocycles. The molecule has 1 saturated carbocycles. The minimum absolute atomic E-state index is 0.0612. The van der Waals surface area contributed by atoms with Crippen LogP contribution in [-0.2, 0) is 4.79 Å². The largest absolute Gasteiger partial charge is 0.320 e. The SMILES string of the molecule is N#Cc1c(F)c(F)c(NC(=O)[C@@]2(CCN3C(=O)c4ccccc4C3=O)C[C@H]2c2ccccc2)c(F)c1F. The number of rotatable bonds is 6. The maximum absolute atomic E-state index is 14.5. The van der Waals surface area contributed by atoms with E-state index in [-0.39, 0.29) is 30.5 Å². The molecule has 0 saturated heterocycles. The highest BCUT2D eigenvalue weighted by Crippen LogP contribution is 2.62. The molecular weight excluding hydrogens is 490 g/mol. The van der Waals surface area contributed by atoms with Crippen molar-refractivity contribution in [1.29, 1.82) is 5.26 Å². The molecule has 5 rings (SSSR count). The molecule has 0 radical (unpaired) electrons. The van der Waals surface area contributed by atoms with Crippen LogP contribution in [0.25, 0.3) is 0 Å². The van der Waals surface area contributed by atoms with Gasteiger partial charge in [0.2, 0.25) is 5.91 Å². The number of fused-ring (bicyclic) bond motifs is 1. The molecule has 0 bridgehead atoms. The summed E-state index contributed by atoms with van der Waals surface area (Å²) in [6.45, 7) is -0.163. The van der Waals surface area contributed by atoms with Crippen LogP contribution in [0.2, 0.25) is 0 Å². The summed E-state index contributed by atoms with van der Waals surface area (Å²) in [6.07, 6.45) is 0.144. The first-order valence-electron chi connectivity index (χ1n) is 11.3. The van der Waals surface area contributed by atoms with Crippen LogP contribution >= 0.6 is 0 Å². The highest BCUT2D eigenvalue weighted by molar-refractivity contribution is 6.21. The number of nitrogens with one attached hydrogen (secondary N) is 1. The van der Waals surface area contributed by atoms with E-state index in [1.807, 2.05) is 5.32 Å². The Morgan fingerprint density at radius 1 is 0.919 bits per heavy atom. The smallest absolute Gasteiger partial charge is 0.261 e. The van der Waals surface area contributed by atoms with E-state index in [1.54, 1.807) is 42.5 Å². The quantitative estimate of drug-likeness (QED) is 0.292. The van der Waals surface area contributed by atoms with Gasteiger partial charge < -0.3 is 5.32 Å². The van der Waals surface area contributed by atoms with E-state index in [0.29, 0.717) is 0 Å². The van der Waals surface area contributed by atoms with Gasteiger partial charge in [-0.05, 0) is 36.5 Å². The number of carbonyl (C=O) groups excluding carboxylic acids is 3. The summed E-state index contributed by atoms with van der Waals surface area (Å²) in [7, 11) is 0. The maximum Gasteiger partial charge on any atom is 0.261 e. The number of amides is 3. The van der Waals surface area contributed by atoms with Crippen molar-refractivity contribution in [3.05, 3.63) is 100 Å². The molecule has 1 aliphatic carbocycles. The third kappa shape index (κ3) is 3.74. The second-order valence-corrected chi connectivity index (χ2v) is 8.95. The number of nitriles is 1. The molecule has 37 heavy (non-hydrogen) atoms. The Kier molecular flexibility index (Phi) is 5.79. The first-order chi connectivity index (χ1) is 17.7. The third-order valence-corrected chi connectivity index (χ3v) is 7.00. The Bertz CT molecular complexity index is 1460. The molecule has 1 fully saturated rings. The van der Waals surface area contributed by atoms with Crippen molar-refractivity contribution < 1.29 is 31.9 Å². The summed E-state index contributed by atoms with van der Waals surface area (Å²) in [4.78, 5) is 40.0. The van der Waals surface area contributed by atoms with Gasteiger partial charge in [0.25, 0.3) is 11.8 Å². The van der Waals surface area contributed by atoms with Crippen LogP contribution in [0.1, 0.15) is 50.6 Å². The molecule has 2 atom stereocenters. The van der Waals surface area contributed by atoms with Crippen LogP contribution in [0.5, 0.6) is 0 Å². The van der Waals surface area contributed by atoms with Gasteiger partial charge in [0, 0.05) is 6.54 Å². The number of carbonyl (C=O) groups is 3. The van der Waals surface area contributed by atoms with Crippen molar-refractivity contribution >= 4 is 23.4 Å². The molecule has 3 amide bonds. The van der Waals surface area contributed by atoms with Gasteiger partial charge in [-0.15, -0.1) is 0 Å². The number of anilines is 1. The van der Waals surface area contributed by atoms with E-state index in [4.69, 9.17) is 5.26 Å². The minimum atomic E-state index is -1.92. The number of hydrogen-bond donors (Lipinski definition) is 1. The lowest BCUT2D eigenvalue weighted by Crippen LogP contribution is -2.35. The van der Waals surface area contributed by atoms with Crippen molar-refractivity contribution in [3.8, 4) is 6.07 Å². The normalized spacial score (nSPS) is 20.0. The lowest BCUT2D eigenvalue weighted by atomic mass is 9.93. The number of hydrogen-bond acceptors (Lipinski definition) is 4.